The van der Waals surface area contributed by atoms with Crippen molar-refractivity contribution in [1.29, 1.82) is 0 Å². The molecule has 7 heteroatoms. The third-order valence-electron chi connectivity index (χ3n) is 7.51. The minimum atomic E-state index is -0.951. The molecule has 2 aromatic carbocycles. The van der Waals surface area contributed by atoms with E-state index in [1.54, 1.807) is 0 Å². The number of benzene rings is 2. The number of thioether (sulfide) groups is 1. The number of halogens is 2. The summed E-state index contributed by atoms with van der Waals surface area (Å²) < 4.78 is 27.8. The van der Waals surface area contributed by atoms with Crippen molar-refractivity contribution in [2.45, 2.75) is 95.7 Å². The number of rotatable bonds is 12. The second kappa shape index (κ2) is 14.4. The average Bonchev–Trinajstić information content (AvgIpc) is 2.89. The first-order chi connectivity index (χ1) is 18.5. The van der Waals surface area contributed by atoms with Crippen LogP contribution >= 0.6 is 11.8 Å². The number of nitrogens with one attached hydrogen (secondary N) is 2. The van der Waals surface area contributed by atoms with E-state index in [9.17, 15) is 18.7 Å². The Kier molecular flexibility index (Phi) is 11.6. The lowest BCUT2D eigenvalue weighted by Gasteiger charge is -2.41. The van der Waals surface area contributed by atoms with E-state index >= 15 is 0 Å². The molecule has 2 unspecified atom stereocenters. The fraction of sp³-hybridized carbons (Fsp3) is 0.531. The maximum atomic E-state index is 13.9. The maximum absolute atomic E-state index is 13.9. The van der Waals surface area contributed by atoms with Gasteiger partial charge in [-0.2, -0.15) is 0 Å². The highest BCUT2D eigenvalue weighted by molar-refractivity contribution is 8.02. The van der Waals surface area contributed by atoms with Crippen LogP contribution in [0.5, 0.6) is 0 Å². The molecule has 2 atom stereocenters. The Hall–Kier alpha value is -2.22. The molecule has 1 saturated carbocycles. The van der Waals surface area contributed by atoms with E-state index in [0.29, 0.717) is 11.3 Å². The van der Waals surface area contributed by atoms with Crippen molar-refractivity contribution in [3.8, 4) is 0 Å². The van der Waals surface area contributed by atoms with Gasteiger partial charge >= 0.3 is 0 Å². The van der Waals surface area contributed by atoms with E-state index in [1.165, 1.54) is 41.4 Å². The molecule has 0 heterocycles. The van der Waals surface area contributed by atoms with Crippen LogP contribution < -0.4 is 10.6 Å². The van der Waals surface area contributed by atoms with Crippen LogP contribution in [0.4, 0.5) is 8.78 Å². The van der Waals surface area contributed by atoms with Crippen molar-refractivity contribution in [3.05, 3.63) is 82.3 Å². The number of carbonyl (C=O) groups excluding carboxylic acids is 1. The van der Waals surface area contributed by atoms with Gasteiger partial charge in [-0.05, 0) is 65.8 Å². The summed E-state index contributed by atoms with van der Waals surface area (Å²) in [5, 5.41) is 19.9. The SMILES string of the molecule is C/C=C\SCCC(=O)NC(Cc1cc(F)cc(F)c1)C(O)CNC1(c2cccc(C(C)(C)C)c2)CCCCC1. The normalized spacial score (nSPS) is 17.2. The van der Waals surface area contributed by atoms with Crippen molar-refractivity contribution in [1.82, 2.24) is 10.6 Å². The first-order valence-corrected chi connectivity index (χ1v) is 15.1. The molecule has 214 valence electrons. The van der Waals surface area contributed by atoms with Crippen molar-refractivity contribution in [2.75, 3.05) is 12.3 Å². The van der Waals surface area contributed by atoms with Crippen molar-refractivity contribution >= 4 is 17.7 Å². The Morgan fingerprint density at radius 2 is 1.79 bits per heavy atom. The Morgan fingerprint density at radius 3 is 2.44 bits per heavy atom. The lowest BCUT2D eigenvalue weighted by Crippen LogP contribution is -2.53. The van der Waals surface area contributed by atoms with Crippen LogP contribution in [0, 0.1) is 11.6 Å². The minimum Gasteiger partial charge on any atom is -0.390 e. The Bertz CT molecular complexity index is 1090. The van der Waals surface area contributed by atoms with Crippen LogP contribution in [-0.4, -0.2) is 35.5 Å². The zero-order valence-electron chi connectivity index (χ0n) is 23.7. The third kappa shape index (κ3) is 9.44. The Labute approximate surface area is 237 Å². The van der Waals surface area contributed by atoms with E-state index < -0.39 is 23.8 Å². The number of amides is 1. The maximum Gasteiger partial charge on any atom is 0.221 e. The van der Waals surface area contributed by atoms with Gasteiger partial charge in [-0.25, -0.2) is 8.78 Å². The lowest BCUT2D eigenvalue weighted by atomic mass is 9.74. The molecule has 0 bridgehead atoms. The van der Waals surface area contributed by atoms with Crippen LogP contribution in [0.1, 0.15) is 82.9 Å². The van der Waals surface area contributed by atoms with Gasteiger partial charge < -0.3 is 15.7 Å². The predicted molar refractivity (Wildman–Crippen MR) is 158 cm³/mol. The van der Waals surface area contributed by atoms with Gasteiger partial charge in [0.1, 0.15) is 11.6 Å². The highest BCUT2D eigenvalue weighted by Gasteiger charge is 2.35. The number of carbonyl (C=O) groups is 1. The molecule has 0 aliphatic heterocycles. The van der Waals surface area contributed by atoms with Crippen LogP contribution in [0.15, 0.2) is 53.9 Å². The summed E-state index contributed by atoms with van der Waals surface area (Å²) in [6.07, 6.45) is 6.66. The van der Waals surface area contributed by atoms with Crippen LogP contribution in [0.3, 0.4) is 0 Å². The van der Waals surface area contributed by atoms with Crippen molar-refractivity contribution in [3.63, 3.8) is 0 Å². The second-order valence-electron chi connectivity index (χ2n) is 11.7. The predicted octanol–water partition coefficient (Wildman–Crippen LogP) is 6.76. The largest absolute Gasteiger partial charge is 0.390 e. The summed E-state index contributed by atoms with van der Waals surface area (Å²) in [4.78, 5) is 12.7. The minimum absolute atomic E-state index is 0.0200. The molecule has 3 rings (SSSR count). The summed E-state index contributed by atoms with van der Waals surface area (Å²) in [5.41, 5.74) is 2.62. The molecule has 1 aliphatic rings. The zero-order chi connectivity index (χ0) is 28.5. The first-order valence-electron chi connectivity index (χ1n) is 14.0. The van der Waals surface area contributed by atoms with Crippen LogP contribution in [0.2, 0.25) is 0 Å². The van der Waals surface area contributed by atoms with Gasteiger partial charge in [0.15, 0.2) is 0 Å². The summed E-state index contributed by atoms with van der Waals surface area (Å²) in [6.45, 7) is 8.78. The number of aliphatic hydroxyl groups is 1. The molecule has 3 N–H and O–H groups in total. The summed E-state index contributed by atoms with van der Waals surface area (Å²) in [7, 11) is 0. The van der Waals surface area contributed by atoms with Crippen LogP contribution in [0.25, 0.3) is 0 Å². The van der Waals surface area contributed by atoms with E-state index in [1.807, 2.05) is 18.4 Å². The number of aliphatic hydroxyl groups excluding tert-OH is 1. The Morgan fingerprint density at radius 1 is 1.10 bits per heavy atom. The van der Waals surface area contributed by atoms with Crippen LogP contribution in [-0.2, 0) is 22.2 Å². The zero-order valence-corrected chi connectivity index (χ0v) is 24.6. The molecule has 1 aliphatic carbocycles. The molecular formula is C32H44F2N2O2S. The number of hydrogen-bond donors (Lipinski definition) is 3. The number of allylic oxidation sites excluding steroid dienone is 1. The van der Waals surface area contributed by atoms with E-state index in [-0.39, 0.29) is 36.2 Å². The van der Waals surface area contributed by atoms with Gasteiger partial charge in [-0.3, -0.25) is 4.79 Å². The smallest absolute Gasteiger partial charge is 0.221 e. The van der Waals surface area contributed by atoms with Gasteiger partial charge in [-0.15, -0.1) is 11.8 Å². The molecule has 0 saturated heterocycles. The molecular weight excluding hydrogens is 514 g/mol. The van der Waals surface area contributed by atoms with Gasteiger partial charge in [0.2, 0.25) is 5.91 Å². The molecule has 0 aromatic heterocycles. The van der Waals surface area contributed by atoms with Crippen molar-refractivity contribution < 1.29 is 18.7 Å². The molecule has 2 aromatic rings. The lowest BCUT2D eigenvalue weighted by molar-refractivity contribution is -0.122. The molecule has 0 radical (unpaired) electrons. The third-order valence-corrected chi connectivity index (χ3v) is 8.41. The van der Waals surface area contributed by atoms with Gasteiger partial charge in [0.25, 0.3) is 0 Å². The second-order valence-corrected chi connectivity index (χ2v) is 12.7. The van der Waals surface area contributed by atoms with Gasteiger partial charge in [0.05, 0.1) is 12.1 Å². The van der Waals surface area contributed by atoms with Gasteiger partial charge in [0, 0.05) is 30.3 Å². The Balaban J connectivity index is 1.79. The van der Waals surface area contributed by atoms with Gasteiger partial charge in [-0.1, -0.05) is 70.4 Å². The summed E-state index contributed by atoms with van der Waals surface area (Å²) in [6, 6.07) is 11.4. The highest BCUT2D eigenvalue weighted by atomic mass is 32.2. The van der Waals surface area contributed by atoms with E-state index in [0.717, 1.165) is 31.7 Å². The molecule has 0 spiro atoms. The molecule has 1 amide bonds. The molecule has 39 heavy (non-hydrogen) atoms. The summed E-state index contributed by atoms with van der Waals surface area (Å²) >= 11 is 1.54. The quantitative estimate of drug-likeness (QED) is 0.252. The monoisotopic (exact) mass is 558 g/mol. The standard InChI is InChI=1S/C32H44F2N2O2S/c1-5-15-39-16-12-30(38)36-28(19-23-17-26(33)21-27(34)18-23)29(37)22-35-32(13-7-6-8-14-32)25-11-9-10-24(20-25)31(2,3)4/h5,9-11,15,17-18,20-21,28-29,35,37H,6-8,12-14,16,19,22H2,1-4H3,(H,36,38)/b15-5-. The summed E-state index contributed by atoms with van der Waals surface area (Å²) in [5.74, 6) is -0.937. The molecule has 4 nitrogen and oxygen atoms in total. The fourth-order valence-electron chi connectivity index (χ4n) is 5.31. The topological polar surface area (TPSA) is 61.4 Å². The van der Waals surface area contributed by atoms with Crippen molar-refractivity contribution in [2.24, 2.45) is 0 Å². The van der Waals surface area contributed by atoms with E-state index in [2.05, 4.69) is 55.7 Å². The number of hydrogen-bond acceptors (Lipinski definition) is 4. The van der Waals surface area contributed by atoms with E-state index in [4.69, 9.17) is 0 Å². The fourth-order valence-corrected chi connectivity index (χ4v) is 5.94. The first kappa shape index (κ1) is 31.3. The molecule has 1 fully saturated rings. The average molecular weight is 559 g/mol. The highest BCUT2D eigenvalue weighted by Crippen LogP contribution is 2.38.